The highest BCUT2D eigenvalue weighted by Gasteiger charge is 2.14. The minimum absolute atomic E-state index is 0.261. The molecule has 0 aliphatic rings. The largest absolute Gasteiger partial charge is 0.322 e. The van der Waals surface area contributed by atoms with Gasteiger partial charge in [0.25, 0.3) is 5.91 Å². The molecule has 0 aliphatic heterocycles. The lowest BCUT2D eigenvalue weighted by molar-refractivity contribution is 0.102. The molecule has 3 aromatic rings. The van der Waals surface area contributed by atoms with Crippen LogP contribution < -0.4 is 5.32 Å². The molecule has 0 aliphatic carbocycles. The molecule has 0 saturated heterocycles. The minimum atomic E-state index is -0.275. The number of carbonyl (C=O) groups excluding carboxylic acids is 1. The number of carbonyl (C=O) groups is 1. The Kier molecular flexibility index (Phi) is 5.19. The van der Waals surface area contributed by atoms with Crippen LogP contribution in [0.5, 0.6) is 0 Å². The van der Waals surface area contributed by atoms with Crippen molar-refractivity contribution in [2.45, 2.75) is 6.42 Å². The average molecular weight is 356 g/mol. The van der Waals surface area contributed by atoms with Crippen LogP contribution in [-0.2, 0) is 6.42 Å². The molecule has 0 bridgehead atoms. The number of hydrogen-bond acceptors (Lipinski definition) is 1. The van der Waals surface area contributed by atoms with Gasteiger partial charge in [0.1, 0.15) is 0 Å². The van der Waals surface area contributed by atoms with Gasteiger partial charge in [-0.2, -0.15) is 0 Å². The third-order valence-corrected chi connectivity index (χ3v) is 4.52. The van der Waals surface area contributed by atoms with Crippen LogP contribution >= 0.6 is 23.2 Å². The first-order valence-electron chi connectivity index (χ1n) is 7.52. The summed E-state index contributed by atoms with van der Waals surface area (Å²) in [5.74, 6) is -0.275. The van der Waals surface area contributed by atoms with E-state index in [0.29, 0.717) is 10.6 Å². The van der Waals surface area contributed by atoms with E-state index >= 15 is 0 Å². The van der Waals surface area contributed by atoms with Crippen LogP contribution in [0.3, 0.4) is 0 Å². The summed E-state index contributed by atoms with van der Waals surface area (Å²) in [6.45, 7) is 0. The van der Waals surface area contributed by atoms with E-state index in [4.69, 9.17) is 23.2 Å². The quantitative estimate of drug-likeness (QED) is 0.625. The summed E-state index contributed by atoms with van der Waals surface area (Å²) in [5.41, 5.74) is 3.34. The summed E-state index contributed by atoms with van der Waals surface area (Å²) in [4.78, 5) is 12.5. The maximum Gasteiger partial charge on any atom is 0.257 e. The molecule has 24 heavy (non-hydrogen) atoms. The van der Waals surface area contributed by atoms with Crippen molar-refractivity contribution < 1.29 is 4.79 Å². The number of amides is 1. The van der Waals surface area contributed by atoms with Crippen LogP contribution in [0.2, 0.25) is 10.0 Å². The second-order valence-corrected chi connectivity index (χ2v) is 6.16. The summed E-state index contributed by atoms with van der Waals surface area (Å²) in [6.07, 6.45) is 0.737. The normalized spacial score (nSPS) is 10.4. The molecule has 0 radical (unpaired) electrons. The molecule has 0 unspecified atom stereocenters. The highest BCUT2D eigenvalue weighted by Crippen LogP contribution is 2.27. The molecule has 0 fully saturated rings. The number of halogens is 2. The molecule has 1 amide bonds. The Balaban J connectivity index is 1.85. The first kappa shape index (κ1) is 16.6. The highest BCUT2D eigenvalue weighted by atomic mass is 35.5. The molecule has 4 heteroatoms. The zero-order chi connectivity index (χ0) is 16.9. The molecule has 3 rings (SSSR count). The molecule has 0 atom stereocenters. The van der Waals surface area contributed by atoms with Gasteiger partial charge in [0.15, 0.2) is 0 Å². The van der Waals surface area contributed by atoms with E-state index < -0.39 is 0 Å². The molecule has 0 saturated carbocycles. The molecule has 0 heterocycles. The summed E-state index contributed by atoms with van der Waals surface area (Å²) in [5, 5.41) is 3.56. The van der Waals surface area contributed by atoms with Crippen molar-refractivity contribution >= 4 is 34.8 Å². The number of para-hydroxylation sites is 1. The third kappa shape index (κ3) is 3.78. The predicted octanol–water partition coefficient (Wildman–Crippen LogP) is 5.84. The van der Waals surface area contributed by atoms with Crippen LogP contribution in [-0.4, -0.2) is 5.91 Å². The van der Waals surface area contributed by atoms with Gasteiger partial charge in [-0.3, -0.25) is 4.79 Å². The van der Waals surface area contributed by atoms with Crippen molar-refractivity contribution in [1.29, 1.82) is 0 Å². The Morgan fingerprint density at radius 2 is 1.54 bits per heavy atom. The maximum atomic E-state index is 12.5. The lowest BCUT2D eigenvalue weighted by Crippen LogP contribution is -2.14. The van der Waals surface area contributed by atoms with Gasteiger partial charge in [0, 0.05) is 5.69 Å². The summed E-state index contributed by atoms with van der Waals surface area (Å²) >= 11 is 12.1. The van der Waals surface area contributed by atoms with Crippen LogP contribution in [0.1, 0.15) is 21.5 Å². The molecule has 120 valence electrons. The van der Waals surface area contributed by atoms with Crippen LogP contribution in [0.4, 0.5) is 5.69 Å². The Labute approximate surface area is 151 Å². The number of anilines is 1. The van der Waals surface area contributed by atoms with Gasteiger partial charge in [0.2, 0.25) is 0 Å². The smallest absolute Gasteiger partial charge is 0.257 e. The summed E-state index contributed by atoms with van der Waals surface area (Å²) in [6, 6.07) is 22.9. The van der Waals surface area contributed by atoms with Crippen molar-refractivity contribution in [3.63, 3.8) is 0 Å². The van der Waals surface area contributed by atoms with Crippen molar-refractivity contribution in [2.75, 3.05) is 5.32 Å². The maximum absolute atomic E-state index is 12.5. The topological polar surface area (TPSA) is 29.1 Å². The first-order valence-corrected chi connectivity index (χ1v) is 8.28. The van der Waals surface area contributed by atoms with Gasteiger partial charge >= 0.3 is 0 Å². The molecule has 0 spiro atoms. The number of rotatable bonds is 4. The van der Waals surface area contributed by atoms with Crippen molar-refractivity contribution in [1.82, 2.24) is 0 Å². The number of hydrogen-bond donors (Lipinski definition) is 1. The Bertz CT molecular complexity index is 863. The van der Waals surface area contributed by atoms with Crippen molar-refractivity contribution in [3.8, 4) is 0 Å². The van der Waals surface area contributed by atoms with E-state index in [9.17, 15) is 4.79 Å². The molecule has 1 N–H and O–H groups in total. The lowest BCUT2D eigenvalue weighted by atomic mass is 10.0. The van der Waals surface area contributed by atoms with Crippen LogP contribution in [0.15, 0.2) is 72.8 Å². The van der Waals surface area contributed by atoms with Gasteiger partial charge in [0.05, 0.1) is 15.6 Å². The predicted molar refractivity (Wildman–Crippen MR) is 100 cm³/mol. The standard InChI is InChI=1S/C20H15Cl2NO/c21-17-11-6-10-16(19(17)22)20(24)23-18-12-5-4-9-15(18)13-14-7-2-1-3-8-14/h1-12H,13H2,(H,23,24). The fourth-order valence-electron chi connectivity index (χ4n) is 2.48. The number of nitrogens with one attached hydrogen (secondary N) is 1. The summed E-state index contributed by atoms with van der Waals surface area (Å²) in [7, 11) is 0. The number of benzene rings is 3. The van der Waals surface area contributed by atoms with Crippen LogP contribution in [0, 0.1) is 0 Å². The van der Waals surface area contributed by atoms with E-state index in [-0.39, 0.29) is 10.9 Å². The Hall–Kier alpha value is -2.29. The van der Waals surface area contributed by atoms with Gasteiger partial charge < -0.3 is 5.32 Å². The van der Waals surface area contributed by atoms with Gasteiger partial charge in [-0.1, -0.05) is 77.8 Å². The average Bonchev–Trinajstić information content (AvgIpc) is 2.60. The van der Waals surface area contributed by atoms with Crippen molar-refractivity contribution in [3.05, 3.63) is 99.5 Å². The second-order valence-electron chi connectivity index (χ2n) is 5.38. The fraction of sp³-hybridized carbons (Fsp3) is 0.0500. The summed E-state index contributed by atoms with van der Waals surface area (Å²) < 4.78 is 0. The molecular weight excluding hydrogens is 341 g/mol. The molecule has 2 nitrogen and oxygen atoms in total. The molecule has 0 aromatic heterocycles. The first-order chi connectivity index (χ1) is 11.6. The highest BCUT2D eigenvalue weighted by molar-refractivity contribution is 6.44. The van der Waals surface area contributed by atoms with Crippen LogP contribution in [0.25, 0.3) is 0 Å². The molecule has 3 aromatic carbocycles. The Morgan fingerprint density at radius 1 is 0.833 bits per heavy atom. The van der Waals surface area contributed by atoms with E-state index in [1.165, 1.54) is 5.56 Å². The monoisotopic (exact) mass is 355 g/mol. The zero-order valence-electron chi connectivity index (χ0n) is 12.8. The van der Waals surface area contributed by atoms with E-state index in [2.05, 4.69) is 17.4 Å². The van der Waals surface area contributed by atoms with Gasteiger partial charge in [-0.25, -0.2) is 0 Å². The second kappa shape index (κ2) is 7.52. The SMILES string of the molecule is O=C(Nc1ccccc1Cc1ccccc1)c1cccc(Cl)c1Cl. The van der Waals surface area contributed by atoms with Crippen molar-refractivity contribution in [2.24, 2.45) is 0 Å². The third-order valence-electron chi connectivity index (χ3n) is 3.70. The van der Waals surface area contributed by atoms with Gasteiger partial charge in [-0.05, 0) is 35.7 Å². The van der Waals surface area contributed by atoms with E-state index in [1.54, 1.807) is 18.2 Å². The van der Waals surface area contributed by atoms with E-state index in [0.717, 1.165) is 17.7 Å². The fourth-order valence-corrected chi connectivity index (χ4v) is 2.87. The van der Waals surface area contributed by atoms with Gasteiger partial charge in [-0.15, -0.1) is 0 Å². The lowest BCUT2D eigenvalue weighted by Gasteiger charge is -2.12. The molecular formula is C20H15Cl2NO. The zero-order valence-corrected chi connectivity index (χ0v) is 14.3. The minimum Gasteiger partial charge on any atom is -0.322 e. The Morgan fingerprint density at radius 3 is 2.33 bits per heavy atom. The van der Waals surface area contributed by atoms with E-state index in [1.807, 2.05) is 42.5 Å².